The van der Waals surface area contributed by atoms with Crippen molar-refractivity contribution in [2.45, 2.75) is 25.3 Å². The van der Waals surface area contributed by atoms with E-state index in [9.17, 15) is 8.42 Å². The summed E-state index contributed by atoms with van der Waals surface area (Å²) in [7, 11) is 2.37. The van der Waals surface area contributed by atoms with Gasteiger partial charge in [-0.05, 0) is 54.8 Å². The summed E-state index contributed by atoms with van der Waals surface area (Å²) in [6.45, 7) is 3.61. The van der Waals surface area contributed by atoms with Crippen molar-refractivity contribution in [2.24, 2.45) is 0 Å². The van der Waals surface area contributed by atoms with E-state index in [-0.39, 0.29) is 11.4 Å². The van der Waals surface area contributed by atoms with E-state index in [2.05, 4.69) is 4.72 Å². The topological polar surface area (TPSA) is 83.1 Å². The summed E-state index contributed by atoms with van der Waals surface area (Å²) in [4.78, 5) is 0.216. The maximum Gasteiger partial charge on any atom is 0.241 e. The van der Waals surface area contributed by atoms with E-state index in [0.29, 0.717) is 34.1 Å². The summed E-state index contributed by atoms with van der Waals surface area (Å²) < 4.78 is 49.3. The molecule has 27 heavy (non-hydrogen) atoms. The minimum atomic E-state index is -3.71. The zero-order valence-corrected chi connectivity index (χ0v) is 17.2. The van der Waals surface area contributed by atoms with Crippen molar-refractivity contribution in [3.05, 3.63) is 41.0 Å². The zero-order chi connectivity index (χ0) is 20.2. The molecule has 0 spiro atoms. The lowest BCUT2D eigenvalue weighted by molar-refractivity contribution is 0.323. The number of sulfonamides is 1. The number of hydrogen-bond acceptors (Lipinski definition) is 6. The molecule has 2 rings (SSSR count). The van der Waals surface area contributed by atoms with Crippen LogP contribution in [0.3, 0.4) is 0 Å². The van der Waals surface area contributed by atoms with E-state index < -0.39 is 10.0 Å². The predicted molar refractivity (Wildman–Crippen MR) is 103 cm³/mol. The largest absolute Gasteiger partial charge is 0.496 e. The molecule has 8 heteroatoms. The molecule has 0 aliphatic heterocycles. The fourth-order valence-corrected chi connectivity index (χ4v) is 4.09. The van der Waals surface area contributed by atoms with Crippen molar-refractivity contribution in [3.63, 3.8) is 0 Å². The number of methoxy groups -OCH3 is 4. The molecule has 0 aromatic heterocycles. The number of nitrogens with one attached hydrogen (secondary N) is 1. The average Bonchev–Trinajstić information content (AvgIpc) is 2.66. The number of rotatable bonds is 8. The van der Waals surface area contributed by atoms with Crippen molar-refractivity contribution < 1.29 is 27.4 Å². The van der Waals surface area contributed by atoms with Crippen LogP contribution in [0, 0.1) is 13.8 Å². The van der Waals surface area contributed by atoms with Gasteiger partial charge in [-0.1, -0.05) is 0 Å². The van der Waals surface area contributed by atoms with Crippen LogP contribution < -0.4 is 23.7 Å². The van der Waals surface area contributed by atoms with E-state index in [1.165, 1.54) is 21.3 Å². The van der Waals surface area contributed by atoms with Gasteiger partial charge < -0.3 is 18.9 Å². The van der Waals surface area contributed by atoms with E-state index >= 15 is 0 Å². The van der Waals surface area contributed by atoms with Crippen LogP contribution in [0.4, 0.5) is 0 Å². The summed E-state index contributed by atoms with van der Waals surface area (Å²) in [5.41, 5.74) is 2.03. The Hall–Kier alpha value is -2.45. The van der Waals surface area contributed by atoms with Crippen LogP contribution in [-0.4, -0.2) is 36.9 Å². The Morgan fingerprint density at radius 3 is 1.81 bits per heavy atom. The summed E-state index contributed by atoms with van der Waals surface area (Å²) in [5, 5.41) is 0. The molecule has 0 aliphatic carbocycles. The van der Waals surface area contributed by atoms with Gasteiger partial charge in [-0.15, -0.1) is 0 Å². The third-order valence-electron chi connectivity index (χ3n) is 4.17. The van der Waals surface area contributed by atoms with Crippen LogP contribution in [-0.2, 0) is 16.6 Å². The molecule has 0 unspecified atom stereocenters. The van der Waals surface area contributed by atoms with Crippen LogP contribution in [0.2, 0.25) is 0 Å². The molecule has 148 valence electrons. The SMILES string of the molecule is COc1cc(C)c(S(=O)(=O)NCc2cc(OC)c(OC)c(OC)c2)cc1C. The third-order valence-corrected chi connectivity index (χ3v) is 5.72. The second-order valence-electron chi connectivity index (χ2n) is 5.95. The van der Waals surface area contributed by atoms with Crippen molar-refractivity contribution in [1.29, 1.82) is 0 Å². The normalized spacial score (nSPS) is 11.2. The lowest BCUT2D eigenvalue weighted by Crippen LogP contribution is -2.24. The van der Waals surface area contributed by atoms with Crippen LogP contribution in [0.25, 0.3) is 0 Å². The highest BCUT2D eigenvalue weighted by Gasteiger charge is 2.20. The molecule has 2 aromatic carbocycles. The molecule has 0 amide bonds. The van der Waals surface area contributed by atoms with Crippen molar-refractivity contribution in [3.8, 4) is 23.0 Å². The second-order valence-corrected chi connectivity index (χ2v) is 7.68. The molecule has 0 aliphatic rings. The number of hydrogen-bond donors (Lipinski definition) is 1. The van der Waals surface area contributed by atoms with Crippen LogP contribution in [0.1, 0.15) is 16.7 Å². The minimum Gasteiger partial charge on any atom is -0.496 e. The quantitative estimate of drug-likeness (QED) is 0.740. The van der Waals surface area contributed by atoms with Gasteiger partial charge in [0.05, 0.1) is 33.3 Å². The average molecular weight is 395 g/mol. The molecule has 1 N–H and O–H groups in total. The summed E-state index contributed by atoms with van der Waals surface area (Å²) in [6.07, 6.45) is 0. The molecule has 0 saturated heterocycles. The minimum absolute atomic E-state index is 0.0730. The van der Waals surface area contributed by atoms with Gasteiger partial charge in [0, 0.05) is 6.54 Å². The summed E-state index contributed by atoms with van der Waals surface area (Å²) in [6, 6.07) is 6.72. The van der Waals surface area contributed by atoms with E-state index in [4.69, 9.17) is 18.9 Å². The summed E-state index contributed by atoms with van der Waals surface area (Å²) in [5.74, 6) is 2.02. The molecule has 2 aromatic rings. The highest BCUT2D eigenvalue weighted by atomic mass is 32.2. The lowest BCUT2D eigenvalue weighted by atomic mass is 10.1. The maximum atomic E-state index is 12.8. The maximum absolute atomic E-state index is 12.8. The van der Waals surface area contributed by atoms with Gasteiger partial charge in [0.25, 0.3) is 0 Å². The zero-order valence-electron chi connectivity index (χ0n) is 16.4. The van der Waals surface area contributed by atoms with Crippen molar-refractivity contribution in [1.82, 2.24) is 4.72 Å². The van der Waals surface area contributed by atoms with Crippen LogP contribution >= 0.6 is 0 Å². The van der Waals surface area contributed by atoms with E-state index in [1.807, 2.05) is 0 Å². The Labute approximate surface area is 160 Å². The first-order chi connectivity index (χ1) is 12.8. The number of aryl methyl sites for hydroxylation is 2. The molecule has 0 bridgehead atoms. The van der Waals surface area contributed by atoms with Crippen molar-refractivity contribution in [2.75, 3.05) is 28.4 Å². The molecular weight excluding hydrogens is 370 g/mol. The van der Waals surface area contributed by atoms with Gasteiger partial charge in [0.2, 0.25) is 15.8 Å². The Morgan fingerprint density at radius 1 is 0.778 bits per heavy atom. The van der Waals surface area contributed by atoms with Crippen molar-refractivity contribution >= 4 is 10.0 Å². The van der Waals surface area contributed by atoms with Gasteiger partial charge in [-0.3, -0.25) is 0 Å². The second kappa shape index (κ2) is 8.49. The number of ether oxygens (including phenoxy) is 4. The standard InChI is InChI=1S/C19H25NO6S/c1-12-8-18(13(2)7-15(12)23-3)27(21,22)20-11-14-9-16(24-4)19(26-6)17(10-14)25-5/h7-10,20H,11H2,1-6H3. The van der Waals surface area contributed by atoms with Crippen LogP contribution in [0.5, 0.6) is 23.0 Å². The molecule has 0 atom stereocenters. The summed E-state index contributed by atoms with van der Waals surface area (Å²) >= 11 is 0. The first-order valence-electron chi connectivity index (χ1n) is 8.21. The molecule has 0 radical (unpaired) electrons. The fourth-order valence-electron chi connectivity index (χ4n) is 2.77. The molecule has 7 nitrogen and oxygen atoms in total. The highest BCUT2D eigenvalue weighted by molar-refractivity contribution is 7.89. The first-order valence-corrected chi connectivity index (χ1v) is 9.69. The van der Waals surface area contributed by atoms with Gasteiger partial charge in [0.15, 0.2) is 11.5 Å². The molecule has 0 heterocycles. The van der Waals surface area contributed by atoms with E-state index in [0.717, 1.165) is 5.56 Å². The molecule has 0 fully saturated rings. The third kappa shape index (κ3) is 4.45. The Bertz CT molecular complexity index is 899. The Morgan fingerprint density at radius 2 is 1.33 bits per heavy atom. The Kier molecular flexibility index (Phi) is 6.56. The first kappa shape index (κ1) is 20.9. The van der Waals surface area contributed by atoms with E-state index in [1.54, 1.807) is 45.2 Å². The molecule has 0 saturated carbocycles. The monoisotopic (exact) mass is 395 g/mol. The smallest absolute Gasteiger partial charge is 0.241 e. The van der Waals surface area contributed by atoms with Gasteiger partial charge in [0.1, 0.15) is 5.75 Å². The van der Waals surface area contributed by atoms with Gasteiger partial charge in [-0.2, -0.15) is 0 Å². The Balaban J connectivity index is 2.32. The molecular formula is C19H25NO6S. The van der Waals surface area contributed by atoms with Gasteiger partial charge >= 0.3 is 0 Å². The van der Waals surface area contributed by atoms with Crippen LogP contribution in [0.15, 0.2) is 29.2 Å². The highest BCUT2D eigenvalue weighted by Crippen LogP contribution is 2.38. The fraction of sp³-hybridized carbons (Fsp3) is 0.368. The predicted octanol–water partition coefficient (Wildman–Crippen LogP) is 2.82. The van der Waals surface area contributed by atoms with Gasteiger partial charge in [-0.25, -0.2) is 13.1 Å². The lowest BCUT2D eigenvalue weighted by Gasteiger charge is -2.15. The number of benzene rings is 2.